The van der Waals surface area contributed by atoms with Gasteiger partial charge in [-0.2, -0.15) is 0 Å². The van der Waals surface area contributed by atoms with Crippen molar-refractivity contribution >= 4 is 16.8 Å². The quantitative estimate of drug-likeness (QED) is 0.914. The molecule has 3 rings (SSSR count). The van der Waals surface area contributed by atoms with Crippen molar-refractivity contribution in [2.45, 2.75) is 45.8 Å². The summed E-state index contributed by atoms with van der Waals surface area (Å²) in [6.45, 7) is 7.85. The third-order valence-electron chi connectivity index (χ3n) is 6.40. The van der Waals surface area contributed by atoms with Gasteiger partial charge in [-0.1, -0.05) is 13.8 Å². The standard InChI is InChI=1S/C20H25FN2O3/c1-11-7-12(21)8-13-16(11)22-10-14(17(13)24)18(25)23(5)15-9-20(4,26-6)19(15,2)3/h7-8,10,15H,9H2,1-6H3,(H,22,24)/t15-,20+/m0/s1. The molecule has 2 atom stereocenters. The van der Waals surface area contributed by atoms with Gasteiger partial charge in [-0.05, 0) is 38.0 Å². The number of benzene rings is 1. The predicted molar refractivity (Wildman–Crippen MR) is 99.0 cm³/mol. The Morgan fingerprint density at radius 2 is 2.00 bits per heavy atom. The molecule has 0 bridgehead atoms. The number of ether oxygens (including phenoxy) is 1. The first-order valence-corrected chi connectivity index (χ1v) is 8.67. The lowest BCUT2D eigenvalue weighted by molar-refractivity contribution is -0.198. The summed E-state index contributed by atoms with van der Waals surface area (Å²) in [4.78, 5) is 30.3. The summed E-state index contributed by atoms with van der Waals surface area (Å²) in [5.41, 5.74) is 0.171. The van der Waals surface area contributed by atoms with Gasteiger partial charge in [-0.15, -0.1) is 0 Å². The number of nitrogens with one attached hydrogen (secondary N) is 1. The summed E-state index contributed by atoms with van der Waals surface area (Å²) in [7, 11) is 3.37. The second-order valence-corrected chi connectivity index (χ2v) is 7.97. The first-order valence-electron chi connectivity index (χ1n) is 8.67. The summed E-state index contributed by atoms with van der Waals surface area (Å²) in [6.07, 6.45) is 2.12. The van der Waals surface area contributed by atoms with Gasteiger partial charge in [0.05, 0.1) is 11.1 Å². The molecule has 1 aliphatic carbocycles. The van der Waals surface area contributed by atoms with E-state index in [0.29, 0.717) is 17.5 Å². The highest BCUT2D eigenvalue weighted by Crippen LogP contribution is 2.53. The van der Waals surface area contributed by atoms with Crippen molar-refractivity contribution in [3.05, 3.63) is 45.5 Å². The Kier molecular flexibility index (Phi) is 4.22. The number of aromatic nitrogens is 1. The van der Waals surface area contributed by atoms with Gasteiger partial charge in [0.1, 0.15) is 11.4 Å². The number of methoxy groups -OCH3 is 1. The van der Waals surface area contributed by atoms with Crippen LogP contribution in [0.2, 0.25) is 0 Å². The molecule has 0 spiro atoms. The van der Waals surface area contributed by atoms with Gasteiger partial charge in [0.2, 0.25) is 5.43 Å². The van der Waals surface area contributed by atoms with Crippen molar-refractivity contribution in [1.82, 2.24) is 9.88 Å². The third kappa shape index (κ3) is 2.47. The van der Waals surface area contributed by atoms with Gasteiger partial charge >= 0.3 is 0 Å². The normalized spacial score (nSPS) is 24.3. The van der Waals surface area contributed by atoms with Crippen molar-refractivity contribution in [3.8, 4) is 0 Å². The van der Waals surface area contributed by atoms with Crippen molar-refractivity contribution in [3.63, 3.8) is 0 Å². The van der Waals surface area contributed by atoms with Crippen LogP contribution in [0.1, 0.15) is 43.1 Å². The van der Waals surface area contributed by atoms with Crippen LogP contribution in [0.5, 0.6) is 0 Å². The van der Waals surface area contributed by atoms with Crippen LogP contribution < -0.4 is 5.43 Å². The molecule has 1 saturated carbocycles. The summed E-state index contributed by atoms with van der Waals surface area (Å²) in [5, 5.41) is 0.191. The lowest BCUT2D eigenvalue weighted by Crippen LogP contribution is -2.68. The zero-order chi connectivity index (χ0) is 19.4. The van der Waals surface area contributed by atoms with E-state index in [4.69, 9.17) is 4.74 Å². The highest BCUT2D eigenvalue weighted by Gasteiger charge is 2.59. The molecule has 2 aromatic rings. The molecule has 1 heterocycles. The molecule has 5 nitrogen and oxygen atoms in total. The van der Waals surface area contributed by atoms with E-state index in [0.717, 1.165) is 0 Å². The number of amides is 1. The third-order valence-corrected chi connectivity index (χ3v) is 6.40. The highest BCUT2D eigenvalue weighted by atomic mass is 19.1. The lowest BCUT2D eigenvalue weighted by Gasteiger charge is -2.61. The van der Waals surface area contributed by atoms with Crippen LogP contribution in [0.3, 0.4) is 0 Å². The van der Waals surface area contributed by atoms with Crippen molar-refractivity contribution in [1.29, 1.82) is 0 Å². The van der Waals surface area contributed by atoms with Gasteiger partial charge < -0.3 is 14.6 Å². The molecule has 140 valence electrons. The Hall–Kier alpha value is -2.21. The minimum Gasteiger partial charge on any atom is -0.378 e. The molecule has 0 unspecified atom stereocenters. The van der Waals surface area contributed by atoms with E-state index < -0.39 is 11.2 Å². The molecule has 26 heavy (non-hydrogen) atoms. The van der Waals surface area contributed by atoms with Crippen molar-refractivity contribution in [2.75, 3.05) is 14.2 Å². The number of aromatic amines is 1. The maximum Gasteiger partial charge on any atom is 0.259 e. The van der Waals surface area contributed by atoms with Crippen LogP contribution in [0.4, 0.5) is 4.39 Å². The van der Waals surface area contributed by atoms with Gasteiger partial charge in [0, 0.05) is 37.2 Å². The SMILES string of the molecule is CO[C@]1(C)C[C@H](N(C)C(=O)c2c[nH]c3c(C)cc(F)cc3c2=O)C1(C)C. The fourth-order valence-electron chi connectivity index (χ4n) is 4.04. The van der Waals surface area contributed by atoms with Crippen LogP contribution in [0, 0.1) is 18.2 Å². The first kappa shape index (κ1) is 18.6. The smallest absolute Gasteiger partial charge is 0.259 e. The van der Waals surface area contributed by atoms with Gasteiger partial charge in [-0.3, -0.25) is 9.59 Å². The number of nitrogens with zero attached hydrogens (tertiary/aromatic N) is 1. The first-order chi connectivity index (χ1) is 12.0. The number of rotatable bonds is 3. The van der Waals surface area contributed by atoms with Gasteiger partial charge in [-0.25, -0.2) is 4.39 Å². The minimum absolute atomic E-state index is 0.0202. The minimum atomic E-state index is -0.491. The summed E-state index contributed by atoms with van der Waals surface area (Å²) in [6, 6.07) is 2.48. The molecule has 1 aromatic carbocycles. The number of pyridine rings is 1. The van der Waals surface area contributed by atoms with E-state index in [1.54, 1.807) is 26.0 Å². The van der Waals surface area contributed by atoms with Crippen molar-refractivity contribution in [2.24, 2.45) is 5.41 Å². The van der Waals surface area contributed by atoms with Crippen LogP contribution in [0.15, 0.2) is 23.1 Å². The molecule has 1 aliphatic rings. The summed E-state index contributed by atoms with van der Waals surface area (Å²) in [5.74, 6) is -0.860. The zero-order valence-corrected chi connectivity index (χ0v) is 16.1. The van der Waals surface area contributed by atoms with E-state index in [9.17, 15) is 14.0 Å². The van der Waals surface area contributed by atoms with Gasteiger partial charge in [0.15, 0.2) is 0 Å². The maximum atomic E-state index is 13.7. The molecular weight excluding hydrogens is 335 g/mol. The zero-order valence-electron chi connectivity index (χ0n) is 16.1. The Bertz CT molecular complexity index is 950. The highest BCUT2D eigenvalue weighted by molar-refractivity contribution is 5.97. The number of H-pyrrole nitrogens is 1. The molecule has 1 aromatic heterocycles. The number of halogens is 1. The average Bonchev–Trinajstić information content (AvgIpc) is 2.59. The largest absolute Gasteiger partial charge is 0.378 e. The topological polar surface area (TPSA) is 62.4 Å². The molecule has 1 N–H and O–H groups in total. The number of carbonyl (C=O) groups is 1. The Morgan fingerprint density at radius 3 is 2.58 bits per heavy atom. The summed E-state index contributed by atoms with van der Waals surface area (Å²) >= 11 is 0. The number of hydrogen-bond acceptors (Lipinski definition) is 3. The molecule has 0 saturated heterocycles. The number of carbonyl (C=O) groups excluding carboxylic acids is 1. The molecule has 0 aliphatic heterocycles. The van der Waals surface area contributed by atoms with Crippen LogP contribution in [0.25, 0.3) is 10.9 Å². The van der Waals surface area contributed by atoms with E-state index in [2.05, 4.69) is 18.8 Å². The number of fused-ring (bicyclic) bond motifs is 1. The van der Waals surface area contributed by atoms with E-state index in [-0.39, 0.29) is 33.9 Å². The monoisotopic (exact) mass is 360 g/mol. The molecular formula is C20H25FN2O3. The Morgan fingerprint density at radius 1 is 1.35 bits per heavy atom. The Labute approximate surface area is 152 Å². The average molecular weight is 360 g/mol. The molecule has 1 fully saturated rings. The summed E-state index contributed by atoms with van der Waals surface area (Å²) < 4.78 is 19.3. The second-order valence-electron chi connectivity index (χ2n) is 7.97. The van der Waals surface area contributed by atoms with Crippen LogP contribution in [-0.2, 0) is 4.74 Å². The number of aryl methyl sites for hydroxylation is 1. The van der Waals surface area contributed by atoms with Crippen LogP contribution in [-0.4, -0.2) is 41.6 Å². The lowest BCUT2D eigenvalue weighted by atomic mass is 9.55. The number of hydrogen-bond donors (Lipinski definition) is 1. The molecule has 0 radical (unpaired) electrons. The second kappa shape index (κ2) is 5.91. The fourth-order valence-corrected chi connectivity index (χ4v) is 4.04. The van der Waals surface area contributed by atoms with Crippen LogP contribution >= 0.6 is 0 Å². The fraction of sp³-hybridized carbons (Fsp3) is 0.500. The van der Waals surface area contributed by atoms with Gasteiger partial charge in [0.25, 0.3) is 5.91 Å². The van der Waals surface area contributed by atoms with Crippen molar-refractivity contribution < 1.29 is 13.9 Å². The van der Waals surface area contributed by atoms with E-state index in [1.165, 1.54) is 18.3 Å². The maximum absolute atomic E-state index is 13.7. The van der Waals surface area contributed by atoms with E-state index >= 15 is 0 Å². The molecule has 1 amide bonds. The Balaban J connectivity index is 1.99. The van der Waals surface area contributed by atoms with E-state index in [1.807, 2.05) is 6.92 Å². The predicted octanol–water partition coefficient (Wildman–Crippen LogP) is 3.25. The molecule has 6 heteroatoms.